The highest BCUT2D eigenvalue weighted by Gasteiger charge is 2.23. The number of rotatable bonds is 5. The highest BCUT2D eigenvalue weighted by Crippen LogP contribution is 2.21. The van der Waals surface area contributed by atoms with Crippen molar-refractivity contribution >= 4 is 23.4 Å². The maximum Gasteiger partial charge on any atom is 0.233 e. The summed E-state index contributed by atoms with van der Waals surface area (Å²) in [6.07, 6.45) is 0. The summed E-state index contributed by atoms with van der Waals surface area (Å²) in [5, 5.41) is 12.0. The molecule has 0 spiro atoms. The molecule has 3 rings (SSSR count). The molecule has 0 radical (unpaired) electrons. The molecule has 1 aromatic heterocycles. The van der Waals surface area contributed by atoms with E-state index in [1.54, 1.807) is 16.8 Å². The van der Waals surface area contributed by atoms with E-state index in [4.69, 9.17) is 0 Å². The van der Waals surface area contributed by atoms with Crippen LogP contribution in [0.3, 0.4) is 0 Å². The first-order chi connectivity index (χ1) is 11.7. The minimum absolute atomic E-state index is 0.0545. The molecule has 2 aromatic rings. The number of tetrazole rings is 1. The Balaban J connectivity index is 1.51. The number of aromatic nitrogens is 4. The SMILES string of the molecule is CCn1nnnc1SCC(=O)N1CCN(c2ccccc2F)CC1. The quantitative estimate of drug-likeness (QED) is 0.757. The lowest BCUT2D eigenvalue weighted by Gasteiger charge is -2.36. The molecule has 7 nitrogen and oxygen atoms in total. The molecule has 0 aliphatic carbocycles. The van der Waals surface area contributed by atoms with E-state index in [0.29, 0.717) is 49.3 Å². The molecule has 1 aromatic carbocycles. The van der Waals surface area contributed by atoms with Gasteiger partial charge in [0.2, 0.25) is 11.1 Å². The third kappa shape index (κ3) is 3.66. The molecule has 1 amide bonds. The van der Waals surface area contributed by atoms with Crippen molar-refractivity contribution < 1.29 is 9.18 Å². The van der Waals surface area contributed by atoms with Gasteiger partial charge in [-0.05, 0) is 29.5 Å². The van der Waals surface area contributed by atoms with Gasteiger partial charge in [0.15, 0.2) is 0 Å². The van der Waals surface area contributed by atoms with Crippen LogP contribution in [0.1, 0.15) is 6.92 Å². The molecule has 0 saturated carbocycles. The third-order valence-electron chi connectivity index (χ3n) is 3.95. The van der Waals surface area contributed by atoms with Crippen LogP contribution in [0.2, 0.25) is 0 Å². The Morgan fingerprint density at radius 1 is 1.25 bits per heavy atom. The van der Waals surface area contributed by atoms with Gasteiger partial charge in [-0.3, -0.25) is 4.79 Å². The van der Waals surface area contributed by atoms with Crippen LogP contribution >= 0.6 is 11.8 Å². The zero-order chi connectivity index (χ0) is 16.9. The molecule has 1 aliphatic heterocycles. The lowest BCUT2D eigenvalue weighted by atomic mass is 10.2. The second-order valence-electron chi connectivity index (χ2n) is 5.39. The van der Waals surface area contributed by atoms with Crippen molar-refractivity contribution in [3.05, 3.63) is 30.1 Å². The van der Waals surface area contributed by atoms with Gasteiger partial charge in [-0.25, -0.2) is 9.07 Å². The number of carbonyl (C=O) groups excluding carboxylic acids is 1. The van der Waals surface area contributed by atoms with Gasteiger partial charge in [0.25, 0.3) is 0 Å². The summed E-state index contributed by atoms with van der Waals surface area (Å²) in [5.41, 5.74) is 0.598. The summed E-state index contributed by atoms with van der Waals surface area (Å²) in [6, 6.07) is 6.74. The minimum Gasteiger partial charge on any atom is -0.366 e. The van der Waals surface area contributed by atoms with E-state index in [2.05, 4.69) is 15.5 Å². The monoisotopic (exact) mass is 350 g/mol. The molecular formula is C15H19FN6OS. The Morgan fingerprint density at radius 3 is 2.71 bits per heavy atom. The zero-order valence-corrected chi connectivity index (χ0v) is 14.2. The smallest absolute Gasteiger partial charge is 0.233 e. The molecule has 0 N–H and O–H groups in total. The number of para-hydroxylation sites is 1. The van der Waals surface area contributed by atoms with Crippen molar-refractivity contribution in [3.63, 3.8) is 0 Å². The van der Waals surface area contributed by atoms with Gasteiger partial charge in [0.05, 0.1) is 11.4 Å². The number of benzene rings is 1. The van der Waals surface area contributed by atoms with Gasteiger partial charge >= 0.3 is 0 Å². The average Bonchev–Trinajstić information content (AvgIpc) is 3.08. The van der Waals surface area contributed by atoms with Gasteiger partial charge in [0, 0.05) is 32.7 Å². The van der Waals surface area contributed by atoms with Gasteiger partial charge < -0.3 is 9.80 Å². The van der Waals surface area contributed by atoms with E-state index in [0.717, 1.165) is 0 Å². The maximum absolute atomic E-state index is 13.8. The highest BCUT2D eigenvalue weighted by atomic mass is 32.2. The van der Waals surface area contributed by atoms with E-state index < -0.39 is 0 Å². The first-order valence-electron chi connectivity index (χ1n) is 7.85. The van der Waals surface area contributed by atoms with E-state index in [1.165, 1.54) is 17.8 Å². The largest absolute Gasteiger partial charge is 0.366 e. The summed E-state index contributed by atoms with van der Waals surface area (Å²) in [5.74, 6) is 0.137. The van der Waals surface area contributed by atoms with Crippen LogP contribution in [-0.2, 0) is 11.3 Å². The molecule has 0 atom stereocenters. The summed E-state index contributed by atoms with van der Waals surface area (Å²) >= 11 is 1.34. The topological polar surface area (TPSA) is 67.2 Å². The van der Waals surface area contributed by atoms with Crippen LogP contribution in [0.5, 0.6) is 0 Å². The van der Waals surface area contributed by atoms with Gasteiger partial charge in [0.1, 0.15) is 5.82 Å². The number of halogens is 1. The fourth-order valence-corrected chi connectivity index (χ4v) is 3.46. The first kappa shape index (κ1) is 16.7. The Labute approximate surface area is 143 Å². The van der Waals surface area contributed by atoms with Gasteiger partial charge in [-0.15, -0.1) is 5.10 Å². The molecule has 128 valence electrons. The number of hydrogen-bond donors (Lipinski definition) is 0. The minimum atomic E-state index is -0.223. The number of nitrogens with zero attached hydrogens (tertiary/aromatic N) is 6. The molecule has 0 bridgehead atoms. The molecule has 2 heterocycles. The van der Waals surface area contributed by atoms with Crippen LogP contribution in [0.25, 0.3) is 0 Å². The molecule has 1 saturated heterocycles. The fraction of sp³-hybridized carbons (Fsp3) is 0.467. The van der Waals surface area contributed by atoms with Crippen molar-refractivity contribution in [1.82, 2.24) is 25.1 Å². The second kappa shape index (κ2) is 7.61. The molecular weight excluding hydrogens is 331 g/mol. The van der Waals surface area contributed by atoms with E-state index in [1.807, 2.05) is 22.8 Å². The van der Waals surface area contributed by atoms with E-state index >= 15 is 0 Å². The van der Waals surface area contributed by atoms with Crippen LogP contribution in [0, 0.1) is 5.82 Å². The summed E-state index contributed by atoms with van der Waals surface area (Å²) in [7, 11) is 0. The third-order valence-corrected chi connectivity index (χ3v) is 4.89. The summed E-state index contributed by atoms with van der Waals surface area (Å²) in [4.78, 5) is 16.1. The van der Waals surface area contributed by atoms with Crippen molar-refractivity contribution in [2.75, 3.05) is 36.8 Å². The number of piperazine rings is 1. The predicted octanol–water partition coefficient (Wildman–Crippen LogP) is 1.27. The number of amides is 1. The number of hydrogen-bond acceptors (Lipinski definition) is 6. The fourth-order valence-electron chi connectivity index (χ4n) is 2.62. The van der Waals surface area contributed by atoms with Crippen LogP contribution in [0.4, 0.5) is 10.1 Å². The Bertz CT molecular complexity index is 701. The molecule has 24 heavy (non-hydrogen) atoms. The highest BCUT2D eigenvalue weighted by molar-refractivity contribution is 7.99. The number of thioether (sulfide) groups is 1. The maximum atomic E-state index is 13.8. The molecule has 1 aliphatic rings. The van der Waals surface area contributed by atoms with Gasteiger partial charge in [-0.1, -0.05) is 23.9 Å². The zero-order valence-electron chi connectivity index (χ0n) is 13.4. The number of carbonyl (C=O) groups is 1. The van der Waals surface area contributed by atoms with E-state index in [9.17, 15) is 9.18 Å². The first-order valence-corrected chi connectivity index (χ1v) is 8.84. The predicted molar refractivity (Wildman–Crippen MR) is 89.4 cm³/mol. The summed E-state index contributed by atoms with van der Waals surface area (Å²) < 4.78 is 15.5. The number of aryl methyl sites for hydroxylation is 1. The van der Waals surface area contributed by atoms with Crippen LogP contribution in [0.15, 0.2) is 29.4 Å². The summed E-state index contributed by atoms with van der Waals surface area (Å²) in [6.45, 7) is 5.06. The molecule has 0 unspecified atom stereocenters. The standard InChI is InChI=1S/C15H19FN6OS/c1-2-22-15(17-18-19-22)24-11-14(23)21-9-7-20(8-10-21)13-6-4-3-5-12(13)16/h3-6H,2,7-11H2,1H3. The normalized spacial score (nSPS) is 14.9. The Morgan fingerprint density at radius 2 is 2.00 bits per heavy atom. The van der Waals surface area contributed by atoms with Gasteiger partial charge in [-0.2, -0.15) is 0 Å². The average molecular weight is 350 g/mol. The van der Waals surface area contributed by atoms with E-state index in [-0.39, 0.29) is 11.7 Å². The number of anilines is 1. The van der Waals surface area contributed by atoms with Crippen LogP contribution in [-0.4, -0.2) is 62.9 Å². The van der Waals surface area contributed by atoms with Crippen molar-refractivity contribution in [1.29, 1.82) is 0 Å². The lowest BCUT2D eigenvalue weighted by Crippen LogP contribution is -2.49. The van der Waals surface area contributed by atoms with Crippen molar-refractivity contribution in [3.8, 4) is 0 Å². The molecule has 1 fully saturated rings. The van der Waals surface area contributed by atoms with Crippen LogP contribution < -0.4 is 4.90 Å². The molecule has 9 heteroatoms. The second-order valence-corrected chi connectivity index (χ2v) is 6.33. The van der Waals surface area contributed by atoms with Crippen molar-refractivity contribution in [2.24, 2.45) is 0 Å². The Hall–Kier alpha value is -2.16. The van der Waals surface area contributed by atoms with Crippen molar-refractivity contribution in [2.45, 2.75) is 18.6 Å². The Kier molecular flexibility index (Phi) is 5.29. The lowest BCUT2D eigenvalue weighted by molar-refractivity contribution is -0.128.